The monoisotopic (exact) mass is 450 g/mol. The Bertz CT molecular complexity index is 572. The average Bonchev–Trinajstić information content (AvgIpc) is 2.82. The van der Waals surface area contributed by atoms with Gasteiger partial charge < -0.3 is 23.7 Å². The lowest BCUT2D eigenvalue weighted by molar-refractivity contribution is -0.139. The van der Waals surface area contributed by atoms with E-state index in [2.05, 4.69) is 25.6 Å². The minimum absolute atomic E-state index is 0.218. The molecule has 0 fully saturated rings. The van der Waals surface area contributed by atoms with Crippen molar-refractivity contribution in [2.75, 3.05) is 52.9 Å². The van der Waals surface area contributed by atoms with Crippen LogP contribution in [0.4, 0.5) is 0 Å². The molecule has 0 radical (unpaired) electrons. The predicted molar refractivity (Wildman–Crippen MR) is 127 cm³/mol. The normalized spacial score (nSPS) is 10.8. The summed E-state index contributed by atoms with van der Waals surface area (Å²) >= 11 is 0. The van der Waals surface area contributed by atoms with Gasteiger partial charge in [-0.2, -0.15) is 0 Å². The number of aryl methyl sites for hydroxylation is 1. The second-order valence-corrected chi connectivity index (χ2v) is 7.57. The zero-order valence-electron chi connectivity index (χ0n) is 19.9. The molecule has 0 N–H and O–H groups in total. The van der Waals surface area contributed by atoms with Gasteiger partial charge in [-0.15, -0.1) is 0 Å². The maximum Gasteiger partial charge on any atom is 0.330 e. The third-order valence-electron chi connectivity index (χ3n) is 4.87. The van der Waals surface area contributed by atoms with E-state index in [0.717, 1.165) is 18.2 Å². The van der Waals surface area contributed by atoms with Gasteiger partial charge in [-0.3, -0.25) is 0 Å². The van der Waals surface area contributed by atoms with Crippen LogP contribution in [0.2, 0.25) is 0 Å². The molecule has 0 aliphatic rings. The Morgan fingerprint density at radius 2 is 1.28 bits per heavy atom. The minimum Gasteiger partial charge on any atom is -0.491 e. The number of carbonyl (C=O) groups is 1. The van der Waals surface area contributed by atoms with E-state index in [1.54, 1.807) is 0 Å². The molecular formula is C26H42O6. The van der Waals surface area contributed by atoms with Gasteiger partial charge in [-0.25, -0.2) is 4.79 Å². The average molecular weight is 451 g/mol. The maximum atomic E-state index is 10.8. The quantitative estimate of drug-likeness (QED) is 0.138. The molecule has 0 bridgehead atoms. The summed E-state index contributed by atoms with van der Waals surface area (Å²) in [7, 11) is 0. The zero-order valence-corrected chi connectivity index (χ0v) is 19.9. The van der Waals surface area contributed by atoms with E-state index in [0.29, 0.717) is 46.2 Å². The Morgan fingerprint density at radius 1 is 0.750 bits per heavy atom. The predicted octanol–water partition coefficient (Wildman–Crippen LogP) is 5.14. The second-order valence-electron chi connectivity index (χ2n) is 7.57. The molecule has 0 aromatic heterocycles. The fraction of sp³-hybridized carbons (Fsp3) is 0.654. The van der Waals surface area contributed by atoms with Crippen LogP contribution in [0.5, 0.6) is 5.75 Å². The molecule has 0 amide bonds. The smallest absolute Gasteiger partial charge is 0.330 e. The number of carbonyl (C=O) groups excluding carboxylic acids is 1. The van der Waals surface area contributed by atoms with Crippen LogP contribution in [-0.2, 0) is 30.2 Å². The molecule has 6 nitrogen and oxygen atoms in total. The Labute approximate surface area is 194 Å². The van der Waals surface area contributed by atoms with Crippen molar-refractivity contribution >= 4 is 5.97 Å². The van der Waals surface area contributed by atoms with Crippen molar-refractivity contribution in [1.29, 1.82) is 0 Å². The van der Waals surface area contributed by atoms with Crippen LogP contribution < -0.4 is 4.74 Å². The van der Waals surface area contributed by atoms with Crippen LogP contribution in [0.3, 0.4) is 0 Å². The van der Waals surface area contributed by atoms with E-state index < -0.39 is 5.97 Å². The number of rotatable bonds is 22. The number of esters is 1. The van der Waals surface area contributed by atoms with Crippen LogP contribution in [0.1, 0.15) is 57.4 Å². The van der Waals surface area contributed by atoms with Crippen molar-refractivity contribution in [1.82, 2.24) is 0 Å². The van der Waals surface area contributed by atoms with Gasteiger partial charge in [0.15, 0.2) is 0 Å². The summed E-state index contributed by atoms with van der Waals surface area (Å²) in [5.41, 5.74) is 1.38. The number of unbranched alkanes of at least 4 members (excludes halogenated alkanes) is 6. The van der Waals surface area contributed by atoms with Gasteiger partial charge in [0.25, 0.3) is 0 Å². The maximum absolute atomic E-state index is 10.8. The standard InChI is InChI=1S/C26H42O6/c1-3-5-6-7-8-9-10-11-24-12-14-25(15-13-24)31-22-20-29-18-16-28-17-19-30-21-23-32-26(27)4-2/h4,12-15H,2-3,5-11,16-23H2,1H3. The summed E-state index contributed by atoms with van der Waals surface area (Å²) in [6, 6.07) is 8.40. The van der Waals surface area contributed by atoms with Crippen molar-refractivity contribution in [3.8, 4) is 5.75 Å². The highest BCUT2D eigenvalue weighted by Crippen LogP contribution is 2.15. The first-order valence-corrected chi connectivity index (χ1v) is 12.0. The molecule has 1 aromatic rings. The highest BCUT2D eigenvalue weighted by Gasteiger charge is 1.98. The number of hydrogen-bond donors (Lipinski definition) is 0. The Balaban J connectivity index is 1.88. The van der Waals surface area contributed by atoms with Gasteiger partial charge in [-0.1, -0.05) is 64.2 Å². The molecule has 1 aromatic carbocycles. The van der Waals surface area contributed by atoms with E-state index in [9.17, 15) is 4.79 Å². The minimum atomic E-state index is -0.443. The Hall–Kier alpha value is -1.89. The van der Waals surface area contributed by atoms with Crippen LogP contribution in [-0.4, -0.2) is 58.8 Å². The summed E-state index contributed by atoms with van der Waals surface area (Å²) in [4.78, 5) is 10.8. The van der Waals surface area contributed by atoms with Crippen LogP contribution in [0.25, 0.3) is 0 Å². The van der Waals surface area contributed by atoms with Gasteiger partial charge in [0.05, 0.1) is 39.6 Å². The number of hydrogen-bond acceptors (Lipinski definition) is 6. The van der Waals surface area contributed by atoms with Crippen molar-refractivity contribution in [3.05, 3.63) is 42.5 Å². The lowest BCUT2D eigenvalue weighted by atomic mass is 10.0. The molecule has 0 saturated carbocycles. The van der Waals surface area contributed by atoms with Crippen LogP contribution in [0, 0.1) is 0 Å². The molecule has 1 rings (SSSR count). The molecule has 0 spiro atoms. The summed E-state index contributed by atoms with van der Waals surface area (Å²) in [5.74, 6) is 0.436. The lowest BCUT2D eigenvalue weighted by Crippen LogP contribution is -2.14. The first kappa shape index (κ1) is 28.1. The highest BCUT2D eigenvalue weighted by atomic mass is 16.6. The van der Waals surface area contributed by atoms with Crippen molar-refractivity contribution in [2.24, 2.45) is 0 Å². The molecule has 0 aliphatic heterocycles. The number of benzene rings is 1. The summed E-state index contributed by atoms with van der Waals surface area (Å²) in [5, 5.41) is 0. The van der Waals surface area contributed by atoms with Gasteiger partial charge in [-0.05, 0) is 30.5 Å². The molecule has 0 heterocycles. The molecule has 182 valence electrons. The molecule has 0 aliphatic carbocycles. The Morgan fingerprint density at radius 3 is 1.88 bits per heavy atom. The van der Waals surface area contributed by atoms with Gasteiger partial charge >= 0.3 is 5.97 Å². The topological polar surface area (TPSA) is 63.2 Å². The molecule has 0 atom stereocenters. The Kier molecular flexibility index (Phi) is 18.5. The van der Waals surface area contributed by atoms with E-state index in [-0.39, 0.29) is 6.61 Å². The largest absolute Gasteiger partial charge is 0.491 e. The SMILES string of the molecule is C=CC(=O)OCCOCCOCCOCCOc1ccc(CCCCCCCCC)cc1. The molecule has 6 heteroatoms. The van der Waals surface area contributed by atoms with Crippen LogP contribution in [0.15, 0.2) is 36.9 Å². The van der Waals surface area contributed by atoms with Crippen molar-refractivity contribution < 1.29 is 28.5 Å². The molecule has 0 saturated heterocycles. The fourth-order valence-electron chi connectivity index (χ4n) is 3.06. The first-order valence-electron chi connectivity index (χ1n) is 12.0. The zero-order chi connectivity index (χ0) is 23.1. The fourth-order valence-corrected chi connectivity index (χ4v) is 3.06. The van der Waals surface area contributed by atoms with E-state index in [1.165, 1.54) is 50.5 Å². The van der Waals surface area contributed by atoms with Crippen molar-refractivity contribution in [2.45, 2.75) is 58.3 Å². The summed E-state index contributed by atoms with van der Waals surface area (Å²) in [6.07, 6.45) is 11.7. The first-order chi connectivity index (χ1) is 15.8. The van der Waals surface area contributed by atoms with Gasteiger partial charge in [0, 0.05) is 6.08 Å². The van der Waals surface area contributed by atoms with Gasteiger partial charge in [0.1, 0.15) is 19.0 Å². The van der Waals surface area contributed by atoms with Crippen molar-refractivity contribution in [3.63, 3.8) is 0 Å². The summed E-state index contributed by atoms with van der Waals surface area (Å²) in [6.45, 7) is 9.11. The van der Waals surface area contributed by atoms with E-state index >= 15 is 0 Å². The highest BCUT2D eigenvalue weighted by molar-refractivity contribution is 5.81. The summed E-state index contributed by atoms with van der Waals surface area (Å²) < 4.78 is 26.7. The number of ether oxygens (including phenoxy) is 5. The van der Waals surface area contributed by atoms with Crippen LogP contribution >= 0.6 is 0 Å². The third-order valence-corrected chi connectivity index (χ3v) is 4.87. The second kappa shape index (κ2) is 21.0. The third kappa shape index (κ3) is 16.8. The molecule has 0 unspecified atom stereocenters. The lowest BCUT2D eigenvalue weighted by Gasteiger charge is -2.09. The molecule has 32 heavy (non-hydrogen) atoms. The van der Waals surface area contributed by atoms with E-state index in [1.807, 2.05) is 12.1 Å². The molecular weight excluding hydrogens is 408 g/mol. The van der Waals surface area contributed by atoms with Gasteiger partial charge in [0.2, 0.25) is 0 Å². The van der Waals surface area contributed by atoms with E-state index in [4.69, 9.17) is 23.7 Å².